The molecule has 6 heteroatoms. The normalized spacial score (nSPS) is 13.0. The first kappa shape index (κ1) is 74.5. The van der Waals surface area contributed by atoms with Gasteiger partial charge in [0.2, 0.25) is 0 Å². The van der Waals surface area contributed by atoms with Crippen LogP contribution in [0.2, 0.25) is 0 Å². The second-order valence-electron chi connectivity index (χ2n) is 21.3. The van der Waals surface area contributed by atoms with E-state index in [-0.39, 0.29) is 31.1 Å². The highest BCUT2D eigenvalue weighted by atomic mass is 16.6. The fourth-order valence-electron chi connectivity index (χ4n) is 8.72. The van der Waals surface area contributed by atoms with Gasteiger partial charge in [0.25, 0.3) is 0 Å². The largest absolute Gasteiger partial charge is 0.462 e. The Morgan fingerprint density at radius 3 is 0.785 bits per heavy atom. The highest BCUT2D eigenvalue weighted by molar-refractivity contribution is 5.71. The molecule has 1 unspecified atom stereocenters. The van der Waals surface area contributed by atoms with Gasteiger partial charge in [-0.15, -0.1) is 0 Å². The molecule has 6 nitrogen and oxygen atoms in total. The molecule has 0 saturated carbocycles. The minimum absolute atomic E-state index is 0.0906. The summed E-state index contributed by atoms with van der Waals surface area (Å²) in [6.07, 6.45) is 93.2. The van der Waals surface area contributed by atoms with E-state index in [1.165, 1.54) is 109 Å². The van der Waals surface area contributed by atoms with Crippen molar-refractivity contribution in [2.45, 2.75) is 297 Å². The highest BCUT2D eigenvalue weighted by Gasteiger charge is 2.19. The number of allylic oxidation sites excluding steroid dienone is 22. The first-order chi connectivity index (χ1) is 39.0. The molecule has 79 heavy (non-hydrogen) atoms. The van der Waals surface area contributed by atoms with Crippen LogP contribution in [0.25, 0.3) is 0 Å². The number of hydrogen-bond acceptors (Lipinski definition) is 6. The molecule has 0 bridgehead atoms. The minimum Gasteiger partial charge on any atom is -0.462 e. The summed E-state index contributed by atoms with van der Waals surface area (Å²) >= 11 is 0. The van der Waals surface area contributed by atoms with Crippen LogP contribution >= 0.6 is 0 Å². The number of carbonyl (C=O) groups excluding carboxylic acids is 3. The van der Waals surface area contributed by atoms with E-state index >= 15 is 0 Å². The number of rotatable bonds is 58. The van der Waals surface area contributed by atoms with Crippen LogP contribution in [-0.4, -0.2) is 37.2 Å². The third-order valence-corrected chi connectivity index (χ3v) is 13.6. The zero-order valence-electron chi connectivity index (χ0n) is 51.3. The third kappa shape index (κ3) is 64.3. The number of carbonyl (C=O) groups is 3. The molecule has 1 atom stereocenters. The summed E-state index contributed by atoms with van der Waals surface area (Å²) in [5.41, 5.74) is 0. The van der Waals surface area contributed by atoms with Crippen molar-refractivity contribution in [2.24, 2.45) is 0 Å². The molecule has 0 fully saturated rings. The van der Waals surface area contributed by atoms with Crippen molar-refractivity contribution in [3.8, 4) is 0 Å². The second kappa shape index (κ2) is 66.1. The van der Waals surface area contributed by atoms with Crippen molar-refractivity contribution in [3.63, 3.8) is 0 Å². The summed E-state index contributed by atoms with van der Waals surface area (Å²) in [6.45, 7) is 6.47. The van der Waals surface area contributed by atoms with Crippen LogP contribution in [-0.2, 0) is 28.6 Å². The Labute approximate surface area is 487 Å². The van der Waals surface area contributed by atoms with Gasteiger partial charge in [0, 0.05) is 19.3 Å². The van der Waals surface area contributed by atoms with Crippen molar-refractivity contribution in [2.75, 3.05) is 13.2 Å². The lowest BCUT2D eigenvalue weighted by Crippen LogP contribution is -2.30. The third-order valence-electron chi connectivity index (χ3n) is 13.6. The molecule has 0 rings (SSSR count). The molecule has 0 aliphatic rings. The van der Waals surface area contributed by atoms with Crippen molar-refractivity contribution in [3.05, 3.63) is 134 Å². The van der Waals surface area contributed by atoms with Crippen LogP contribution in [0, 0.1) is 0 Å². The van der Waals surface area contributed by atoms with E-state index < -0.39 is 6.10 Å². The average Bonchev–Trinajstić information content (AvgIpc) is 3.45. The van der Waals surface area contributed by atoms with Gasteiger partial charge in [-0.2, -0.15) is 0 Å². The second-order valence-corrected chi connectivity index (χ2v) is 21.3. The van der Waals surface area contributed by atoms with Crippen molar-refractivity contribution in [1.82, 2.24) is 0 Å². The van der Waals surface area contributed by atoms with Gasteiger partial charge in [-0.25, -0.2) is 0 Å². The fourth-order valence-corrected chi connectivity index (χ4v) is 8.72. The van der Waals surface area contributed by atoms with Gasteiger partial charge in [0.15, 0.2) is 6.10 Å². The number of hydrogen-bond donors (Lipinski definition) is 0. The van der Waals surface area contributed by atoms with E-state index in [4.69, 9.17) is 14.2 Å². The molecule has 0 aromatic carbocycles. The zero-order valence-corrected chi connectivity index (χ0v) is 51.3. The maximum atomic E-state index is 12.9. The molecule has 0 aromatic heterocycles. The Kier molecular flexibility index (Phi) is 62.3. The fraction of sp³-hybridized carbons (Fsp3) is 0.658. The maximum Gasteiger partial charge on any atom is 0.306 e. The Hall–Kier alpha value is -4.45. The van der Waals surface area contributed by atoms with Crippen molar-refractivity contribution < 1.29 is 28.6 Å². The molecule has 0 aliphatic heterocycles. The lowest BCUT2D eigenvalue weighted by atomic mass is 10.1. The summed E-state index contributed by atoms with van der Waals surface area (Å²) in [6, 6.07) is 0. The van der Waals surface area contributed by atoms with Crippen molar-refractivity contribution >= 4 is 17.9 Å². The van der Waals surface area contributed by atoms with E-state index in [1.807, 2.05) is 0 Å². The number of ether oxygens (including phenoxy) is 3. The van der Waals surface area contributed by atoms with E-state index in [1.54, 1.807) is 0 Å². The molecule has 448 valence electrons. The monoisotopic (exact) mass is 1090 g/mol. The van der Waals surface area contributed by atoms with Crippen molar-refractivity contribution in [1.29, 1.82) is 0 Å². The summed E-state index contributed by atoms with van der Waals surface area (Å²) in [5, 5.41) is 0. The number of unbranched alkanes of at least 4 members (excludes halogenated alkanes) is 25. The van der Waals surface area contributed by atoms with Crippen LogP contribution in [0.5, 0.6) is 0 Å². The molecule has 0 N–H and O–H groups in total. The molecule has 0 saturated heterocycles. The Bertz CT molecular complexity index is 1680. The standard InChI is InChI=1S/C73H120O6/c1-4-7-10-13-16-19-22-25-26-27-28-29-30-31-32-33-34-35-36-37-38-39-40-41-42-43-44-45-46-49-51-54-57-60-63-66-72(75)78-69-70(79-73(76)67-64-61-58-55-52-48-24-21-18-15-12-9-6-3)68-77-71(74)65-62-59-56-53-50-47-23-20-17-14-11-8-5-2/h7,10,16,19-21,23-26,28-29,31-32,34-35,37-38,40-41,43-44,70H,4-6,8-9,11-15,17-18,22,27,30,33,36,39,42,45-69H2,1-3H3/b10-7-,19-16-,23-20-,24-21-,26-25-,29-28-,32-31-,35-34-,38-37-,41-40-,44-43-. The SMILES string of the molecule is CC/C=C\C/C=C\C/C=C\C/C=C\C/C=C\C/C=C\C/C=C\C/C=C\C/C=C\CCCCCCCCCC(=O)OCC(COC(=O)CCCCCCC/C=C\CCCCCC)OC(=O)CCCCCCC/C=C\CCCCCC. The van der Waals surface area contributed by atoms with Gasteiger partial charge < -0.3 is 14.2 Å². The molecule has 0 radical (unpaired) electrons. The molecule has 0 aliphatic carbocycles. The molecule has 0 heterocycles. The quantitative estimate of drug-likeness (QED) is 0.0261. The van der Waals surface area contributed by atoms with Crippen LogP contribution in [0.15, 0.2) is 134 Å². The van der Waals surface area contributed by atoms with Gasteiger partial charge in [-0.3, -0.25) is 14.4 Å². The smallest absolute Gasteiger partial charge is 0.306 e. The van der Waals surface area contributed by atoms with Crippen LogP contribution in [0.4, 0.5) is 0 Å². The van der Waals surface area contributed by atoms with Crippen LogP contribution in [0.1, 0.15) is 290 Å². The van der Waals surface area contributed by atoms with Gasteiger partial charge in [0.1, 0.15) is 13.2 Å². The summed E-state index contributed by atoms with van der Waals surface area (Å²) in [7, 11) is 0. The first-order valence-electron chi connectivity index (χ1n) is 32.7. The van der Waals surface area contributed by atoms with Gasteiger partial charge in [0.05, 0.1) is 0 Å². The van der Waals surface area contributed by atoms with E-state index in [0.717, 1.165) is 141 Å². The lowest BCUT2D eigenvalue weighted by Gasteiger charge is -2.18. The Balaban J connectivity index is 4.25. The average molecular weight is 1090 g/mol. The van der Waals surface area contributed by atoms with E-state index in [2.05, 4.69) is 154 Å². The summed E-state index contributed by atoms with van der Waals surface area (Å²) in [4.78, 5) is 38.2. The van der Waals surface area contributed by atoms with E-state index in [9.17, 15) is 14.4 Å². The zero-order chi connectivity index (χ0) is 57.1. The molecule has 0 amide bonds. The summed E-state index contributed by atoms with van der Waals surface area (Å²) in [5.74, 6) is -0.917. The predicted molar refractivity (Wildman–Crippen MR) is 343 cm³/mol. The number of esters is 3. The molecule has 0 aromatic rings. The van der Waals surface area contributed by atoms with Gasteiger partial charge in [-0.1, -0.05) is 264 Å². The topological polar surface area (TPSA) is 78.9 Å². The predicted octanol–water partition coefficient (Wildman–Crippen LogP) is 22.5. The van der Waals surface area contributed by atoms with Gasteiger partial charge >= 0.3 is 17.9 Å². The Morgan fingerprint density at radius 2 is 0.494 bits per heavy atom. The Morgan fingerprint density at radius 1 is 0.266 bits per heavy atom. The first-order valence-corrected chi connectivity index (χ1v) is 32.7. The lowest BCUT2D eigenvalue weighted by molar-refractivity contribution is -0.167. The molecular formula is C73H120O6. The van der Waals surface area contributed by atoms with Gasteiger partial charge in [-0.05, 0) is 141 Å². The molecular weight excluding hydrogens is 973 g/mol. The summed E-state index contributed by atoms with van der Waals surface area (Å²) < 4.78 is 16.9. The highest BCUT2D eigenvalue weighted by Crippen LogP contribution is 2.15. The molecule has 0 spiro atoms. The van der Waals surface area contributed by atoms with Crippen LogP contribution in [0.3, 0.4) is 0 Å². The minimum atomic E-state index is -0.793. The maximum absolute atomic E-state index is 12.9. The van der Waals surface area contributed by atoms with Crippen LogP contribution < -0.4 is 0 Å². The van der Waals surface area contributed by atoms with E-state index in [0.29, 0.717) is 19.3 Å².